The first-order valence-corrected chi connectivity index (χ1v) is 2.82. The second kappa shape index (κ2) is 2.56. The van der Waals surface area contributed by atoms with E-state index in [1.165, 1.54) is 0 Å². The topological polar surface area (TPSA) is 57.6 Å². The maximum Gasteiger partial charge on any atom is 0.416 e. The first kappa shape index (κ1) is 6.86. The average Bonchev–Trinajstić information content (AvgIpc) is 2.20. The largest absolute Gasteiger partial charge is 0.416 e. The van der Waals surface area contributed by atoms with Crippen molar-refractivity contribution < 1.29 is 14.7 Å². The fourth-order valence-corrected chi connectivity index (χ4v) is 0.691. The highest BCUT2D eigenvalue weighted by Crippen LogP contribution is 2.00. The zero-order valence-electron chi connectivity index (χ0n) is 5.20. The second-order valence-electron chi connectivity index (χ2n) is 1.81. The van der Waals surface area contributed by atoms with E-state index in [1.807, 2.05) is 0 Å². The number of nitrogens with zero attached hydrogens (tertiary/aromatic N) is 1. The molecule has 0 fully saturated rings. The summed E-state index contributed by atoms with van der Waals surface area (Å²) in [4.78, 5) is 22.2. The van der Waals surface area contributed by atoms with Crippen molar-refractivity contribution in [1.29, 1.82) is 0 Å². The number of carbonyl (C=O) groups excluding carboxylic acids is 2. The Morgan fingerprint density at radius 2 is 2.30 bits per heavy atom. The fourth-order valence-electron chi connectivity index (χ4n) is 0.691. The van der Waals surface area contributed by atoms with Crippen molar-refractivity contribution in [2.45, 2.75) is 0 Å². The van der Waals surface area contributed by atoms with Gasteiger partial charge in [-0.3, -0.25) is 0 Å². The van der Waals surface area contributed by atoms with Gasteiger partial charge in [0, 0.05) is 0 Å². The summed E-state index contributed by atoms with van der Waals surface area (Å²) in [5, 5.41) is 8.37. The molecule has 1 N–H and O–H groups in total. The molecule has 10 heavy (non-hydrogen) atoms. The predicted molar refractivity (Wildman–Crippen MR) is 31.6 cm³/mol. The van der Waals surface area contributed by atoms with Gasteiger partial charge in [0.05, 0.1) is 13.2 Å². The summed E-state index contributed by atoms with van der Waals surface area (Å²) in [6, 6.07) is 0. The summed E-state index contributed by atoms with van der Waals surface area (Å²) in [5.41, 5.74) is 0. The van der Waals surface area contributed by atoms with Gasteiger partial charge in [0.2, 0.25) is 6.08 Å². The lowest BCUT2D eigenvalue weighted by molar-refractivity contribution is -0.137. The molecule has 0 spiro atoms. The van der Waals surface area contributed by atoms with E-state index in [1.54, 1.807) is 0 Å². The Morgan fingerprint density at radius 1 is 1.60 bits per heavy atom. The monoisotopic (exact) mass is 140 g/mol. The van der Waals surface area contributed by atoms with Gasteiger partial charge in [0.15, 0.2) is 6.08 Å². The lowest BCUT2D eigenvalue weighted by Crippen LogP contribution is -2.32. The van der Waals surface area contributed by atoms with E-state index in [0.29, 0.717) is 0 Å². The van der Waals surface area contributed by atoms with Crippen LogP contribution in [-0.2, 0) is 9.59 Å². The van der Waals surface area contributed by atoms with Gasteiger partial charge in [-0.1, -0.05) is 0 Å². The van der Waals surface area contributed by atoms with Gasteiger partial charge in [-0.15, -0.1) is 4.79 Å². The average molecular weight is 140 g/mol. The second-order valence-corrected chi connectivity index (χ2v) is 1.81. The quantitative estimate of drug-likeness (QED) is 0.383. The third kappa shape index (κ3) is 1.03. The minimum Gasteiger partial charge on any atom is -0.394 e. The Kier molecular flexibility index (Phi) is 1.76. The fraction of sp³-hybridized carbons (Fsp3) is 0.333. The molecule has 4 heteroatoms. The van der Waals surface area contributed by atoms with Crippen LogP contribution in [0.4, 0.5) is 0 Å². The van der Waals surface area contributed by atoms with Crippen LogP contribution in [0.2, 0.25) is 0 Å². The van der Waals surface area contributed by atoms with E-state index in [-0.39, 0.29) is 13.2 Å². The first-order chi connectivity index (χ1) is 4.75. The third-order valence-electron chi connectivity index (χ3n) is 1.15. The number of imide groups is 1. The molecule has 0 bridgehead atoms. The molecule has 0 aromatic carbocycles. The Labute approximate surface area is 57.7 Å². The summed E-state index contributed by atoms with van der Waals surface area (Å²) in [7, 11) is 0. The molecular formula is C6H6NO3+. The molecule has 4 nitrogen and oxygen atoms in total. The summed E-state index contributed by atoms with van der Waals surface area (Å²) in [5.74, 6) is -0.877. The molecule has 1 aliphatic heterocycles. The maximum absolute atomic E-state index is 10.7. The van der Waals surface area contributed by atoms with Crippen LogP contribution in [-0.4, -0.2) is 35.0 Å². The minimum atomic E-state index is -0.473. The lowest BCUT2D eigenvalue weighted by atomic mass is 10.5. The molecule has 0 saturated carbocycles. The molecule has 52 valence electrons. The van der Waals surface area contributed by atoms with Crippen LogP contribution in [0.1, 0.15) is 0 Å². The molecule has 0 aliphatic carbocycles. The number of aliphatic hydroxyl groups excluding tert-OH is 1. The Bertz CT molecular complexity index is 179. The molecule has 0 aromatic heterocycles. The normalized spacial score (nSPS) is 16.3. The molecule has 1 heterocycles. The number of hydrogen-bond donors (Lipinski definition) is 1. The van der Waals surface area contributed by atoms with Crippen molar-refractivity contribution in [3.05, 3.63) is 12.2 Å². The van der Waals surface area contributed by atoms with Gasteiger partial charge in [0.25, 0.3) is 0 Å². The molecule has 2 amide bonds. The SMILES string of the molecule is O=C1[C+]=CC(=O)N1CCO. The number of hydrogen-bond acceptors (Lipinski definition) is 3. The van der Waals surface area contributed by atoms with E-state index in [2.05, 4.69) is 6.08 Å². The molecule has 0 aromatic rings. The van der Waals surface area contributed by atoms with Gasteiger partial charge in [-0.05, 0) is 0 Å². The van der Waals surface area contributed by atoms with E-state index in [0.717, 1.165) is 11.0 Å². The van der Waals surface area contributed by atoms with Crippen molar-refractivity contribution in [3.63, 3.8) is 0 Å². The molecule has 0 atom stereocenters. The minimum absolute atomic E-state index is 0.0567. The molecule has 1 aliphatic rings. The summed E-state index contributed by atoms with van der Waals surface area (Å²) < 4.78 is 0. The van der Waals surface area contributed by atoms with Crippen molar-refractivity contribution in [3.8, 4) is 0 Å². The first-order valence-electron chi connectivity index (χ1n) is 2.82. The number of aliphatic hydroxyl groups is 1. The number of rotatable bonds is 2. The van der Waals surface area contributed by atoms with Crippen LogP contribution < -0.4 is 0 Å². The molecule has 0 unspecified atom stereocenters. The zero-order valence-corrected chi connectivity index (χ0v) is 5.20. The molecule has 0 saturated heterocycles. The summed E-state index contributed by atoms with van der Waals surface area (Å²) >= 11 is 0. The Balaban J connectivity index is 2.60. The summed E-state index contributed by atoms with van der Waals surface area (Å²) in [6.45, 7) is -0.145. The predicted octanol–water partition coefficient (Wildman–Crippen LogP) is -1.29. The van der Waals surface area contributed by atoms with Gasteiger partial charge in [-0.2, -0.15) is 4.90 Å². The Hall–Kier alpha value is -1.25. The standard InChI is InChI=1S/C6H6NO3/c8-4-3-7-5(9)1-2-6(7)10/h1,8H,3-4H2/q+1. The van der Waals surface area contributed by atoms with Crippen LogP contribution in [0.3, 0.4) is 0 Å². The van der Waals surface area contributed by atoms with Crippen LogP contribution in [0.15, 0.2) is 6.08 Å². The number of β-amino-alcohol motifs (C(OH)–C–C–N with tert-alkyl or cyclic N) is 1. The van der Waals surface area contributed by atoms with Crippen molar-refractivity contribution in [1.82, 2.24) is 4.90 Å². The van der Waals surface area contributed by atoms with E-state index in [9.17, 15) is 9.59 Å². The van der Waals surface area contributed by atoms with Gasteiger partial charge in [-0.25, -0.2) is 4.79 Å². The van der Waals surface area contributed by atoms with E-state index in [4.69, 9.17) is 5.11 Å². The highest BCUT2D eigenvalue weighted by molar-refractivity contribution is 6.10. The molecule has 1 rings (SSSR count). The van der Waals surface area contributed by atoms with Gasteiger partial charge >= 0.3 is 11.8 Å². The smallest absolute Gasteiger partial charge is 0.394 e. The van der Waals surface area contributed by atoms with Crippen LogP contribution >= 0.6 is 0 Å². The van der Waals surface area contributed by atoms with Crippen molar-refractivity contribution >= 4 is 11.8 Å². The van der Waals surface area contributed by atoms with Gasteiger partial charge < -0.3 is 5.11 Å². The zero-order chi connectivity index (χ0) is 7.56. The molecule has 0 radical (unpaired) electrons. The van der Waals surface area contributed by atoms with E-state index < -0.39 is 11.8 Å². The van der Waals surface area contributed by atoms with Crippen LogP contribution in [0.5, 0.6) is 0 Å². The number of amides is 2. The van der Waals surface area contributed by atoms with Crippen molar-refractivity contribution in [2.24, 2.45) is 0 Å². The highest BCUT2D eigenvalue weighted by atomic mass is 16.3. The Morgan fingerprint density at radius 3 is 2.70 bits per heavy atom. The maximum atomic E-state index is 10.7. The van der Waals surface area contributed by atoms with Crippen molar-refractivity contribution in [2.75, 3.05) is 13.2 Å². The van der Waals surface area contributed by atoms with Gasteiger partial charge in [0.1, 0.15) is 0 Å². The summed E-state index contributed by atoms with van der Waals surface area (Å²) in [6.07, 6.45) is 3.27. The van der Waals surface area contributed by atoms with Crippen LogP contribution in [0.25, 0.3) is 0 Å². The third-order valence-corrected chi connectivity index (χ3v) is 1.15. The van der Waals surface area contributed by atoms with E-state index >= 15 is 0 Å². The van der Waals surface area contributed by atoms with Crippen LogP contribution in [0, 0.1) is 6.08 Å². The lowest BCUT2D eigenvalue weighted by Gasteiger charge is -2.00. The molecular weight excluding hydrogens is 134 g/mol. The highest BCUT2D eigenvalue weighted by Gasteiger charge is 2.35. The number of carbonyl (C=O) groups is 2.